The fourth-order valence-corrected chi connectivity index (χ4v) is 6.30. The van der Waals surface area contributed by atoms with Crippen LogP contribution in [0.1, 0.15) is 69.7 Å². The second-order valence-corrected chi connectivity index (χ2v) is 13.5. The number of pyridine rings is 1. The number of benzene rings is 2. The van der Waals surface area contributed by atoms with Crippen molar-refractivity contribution in [3.8, 4) is 11.1 Å². The molecule has 2 heterocycles. The minimum atomic E-state index is -5.09. The van der Waals surface area contributed by atoms with Gasteiger partial charge < -0.3 is 14.5 Å². The lowest BCUT2D eigenvalue weighted by molar-refractivity contribution is -0.157. The smallest absolute Gasteiger partial charge is 0.416 e. The molecule has 1 amide bonds. The summed E-state index contributed by atoms with van der Waals surface area (Å²) in [7, 11) is 1.37. The topological polar surface area (TPSA) is 62.7 Å². The van der Waals surface area contributed by atoms with Crippen molar-refractivity contribution < 1.29 is 45.1 Å². The fraction of sp³-hybridized carbons (Fsp3) is 0.472. The van der Waals surface area contributed by atoms with Gasteiger partial charge in [0.05, 0.1) is 40.4 Å². The largest absolute Gasteiger partial charge is 0.466 e. The number of ether oxygens (including phenoxy) is 1. The summed E-state index contributed by atoms with van der Waals surface area (Å²) < 4.78 is 101. The number of anilines is 2. The molecule has 1 aliphatic rings. The highest BCUT2D eigenvalue weighted by atomic mass is 19.4. The molecule has 1 aromatic heterocycles. The number of likely N-dealkylation sites (N-methyl/N-ethyl adjacent to an activating group) is 1. The monoisotopic (exact) mass is 695 g/mol. The maximum atomic E-state index is 14.2. The first-order valence-corrected chi connectivity index (χ1v) is 15.9. The first-order chi connectivity index (χ1) is 22.6. The molecule has 6 nitrogen and oxygen atoms in total. The van der Waals surface area contributed by atoms with E-state index in [0.717, 1.165) is 4.90 Å². The molecule has 0 unspecified atom stereocenters. The number of aryl methyl sites for hydroxylation is 1. The lowest BCUT2D eigenvalue weighted by Crippen LogP contribution is -2.43. The number of amides is 1. The van der Waals surface area contributed by atoms with Crippen molar-refractivity contribution in [3.05, 3.63) is 76.7 Å². The third-order valence-corrected chi connectivity index (χ3v) is 9.50. The van der Waals surface area contributed by atoms with Gasteiger partial charge in [-0.25, -0.2) is 9.37 Å². The van der Waals surface area contributed by atoms with Crippen molar-refractivity contribution in [1.29, 1.82) is 0 Å². The van der Waals surface area contributed by atoms with Crippen LogP contribution in [0.25, 0.3) is 11.1 Å². The van der Waals surface area contributed by atoms with E-state index in [1.807, 2.05) is 18.7 Å². The summed E-state index contributed by atoms with van der Waals surface area (Å²) in [5, 5.41) is 0. The van der Waals surface area contributed by atoms with Gasteiger partial charge in [0.1, 0.15) is 11.6 Å². The van der Waals surface area contributed by atoms with Gasteiger partial charge in [-0.2, -0.15) is 26.3 Å². The Balaban J connectivity index is 1.74. The summed E-state index contributed by atoms with van der Waals surface area (Å²) in [4.78, 5) is 34.4. The van der Waals surface area contributed by atoms with Gasteiger partial charge in [-0.15, -0.1) is 0 Å². The van der Waals surface area contributed by atoms with E-state index in [1.165, 1.54) is 45.3 Å². The number of carbonyl (C=O) groups excluding carboxylic acids is 2. The van der Waals surface area contributed by atoms with Crippen molar-refractivity contribution in [2.45, 2.75) is 72.2 Å². The summed E-state index contributed by atoms with van der Waals surface area (Å²) in [6.07, 6.45) is -7.41. The number of nitrogens with zero attached hydrogens (tertiary/aromatic N) is 3. The molecule has 2 aromatic carbocycles. The third-order valence-electron chi connectivity index (χ3n) is 9.50. The molecular weight excluding hydrogens is 655 g/mol. The third kappa shape index (κ3) is 7.86. The predicted octanol–water partition coefficient (Wildman–Crippen LogP) is 8.98. The van der Waals surface area contributed by atoms with Crippen molar-refractivity contribution >= 4 is 23.4 Å². The Bertz CT molecular complexity index is 1680. The molecule has 0 N–H and O–H groups in total. The molecule has 1 fully saturated rings. The van der Waals surface area contributed by atoms with Crippen LogP contribution in [-0.2, 0) is 32.1 Å². The number of alkyl halides is 6. The van der Waals surface area contributed by atoms with Crippen LogP contribution in [0, 0.1) is 24.1 Å². The van der Waals surface area contributed by atoms with Crippen molar-refractivity contribution in [1.82, 2.24) is 4.98 Å². The number of hydrogen-bond acceptors (Lipinski definition) is 5. The molecule has 1 aliphatic heterocycles. The van der Waals surface area contributed by atoms with Gasteiger partial charge in [0.2, 0.25) is 5.91 Å². The van der Waals surface area contributed by atoms with Gasteiger partial charge in [0, 0.05) is 25.7 Å². The van der Waals surface area contributed by atoms with Crippen molar-refractivity contribution in [2.75, 3.05) is 36.5 Å². The molecule has 0 saturated carbocycles. The van der Waals surface area contributed by atoms with Gasteiger partial charge in [0.25, 0.3) is 0 Å². The quantitative estimate of drug-likeness (QED) is 0.174. The molecule has 0 atom stereocenters. The van der Waals surface area contributed by atoms with E-state index in [1.54, 1.807) is 19.9 Å². The highest BCUT2D eigenvalue weighted by Crippen LogP contribution is 2.42. The summed E-state index contributed by atoms with van der Waals surface area (Å²) >= 11 is 0. The molecule has 1 saturated heterocycles. The SMILES string of the molecule is CCOC(=O)C(C)(C)C1CCN(c2cc(-c3ccc(F)cc3C)c(N(C)C(=O)C(C)(C)c3cc(C(F)(F)F)cc(C(F)(F)F)c3)cn2)CC1. The Hall–Kier alpha value is -4.16. The number of rotatable bonds is 8. The zero-order valence-electron chi connectivity index (χ0n) is 28.4. The van der Waals surface area contributed by atoms with Crippen LogP contribution in [0.5, 0.6) is 0 Å². The zero-order chi connectivity index (χ0) is 36.7. The predicted molar refractivity (Wildman–Crippen MR) is 173 cm³/mol. The second-order valence-electron chi connectivity index (χ2n) is 13.5. The van der Waals surface area contributed by atoms with E-state index in [2.05, 4.69) is 4.98 Å². The summed E-state index contributed by atoms with van der Waals surface area (Å²) in [5.41, 5.74) is -4.29. The Morgan fingerprint density at radius 1 is 0.878 bits per heavy atom. The van der Waals surface area contributed by atoms with E-state index < -0.39 is 51.6 Å². The first-order valence-electron chi connectivity index (χ1n) is 15.9. The Morgan fingerprint density at radius 2 is 1.43 bits per heavy atom. The van der Waals surface area contributed by atoms with E-state index >= 15 is 0 Å². The first kappa shape index (κ1) is 37.7. The van der Waals surface area contributed by atoms with E-state index in [0.29, 0.717) is 60.6 Å². The van der Waals surface area contributed by atoms with Gasteiger partial charge in [0.15, 0.2) is 0 Å². The highest BCUT2D eigenvalue weighted by Gasteiger charge is 2.42. The Labute approximate surface area is 281 Å². The second kappa shape index (κ2) is 13.6. The lowest BCUT2D eigenvalue weighted by Gasteiger charge is -2.39. The molecule has 0 spiro atoms. The number of halogens is 7. The number of esters is 1. The van der Waals surface area contributed by atoms with E-state index in [4.69, 9.17) is 4.74 Å². The van der Waals surface area contributed by atoms with Crippen LogP contribution < -0.4 is 9.80 Å². The lowest BCUT2D eigenvalue weighted by atomic mass is 9.73. The van der Waals surface area contributed by atoms with Crippen LogP contribution >= 0.6 is 0 Å². The van der Waals surface area contributed by atoms with Crippen molar-refractivity contribution in [2.24, 2.45) is 11.3 Å². The zero-order valence-corrected chi connectivity index (χ0v) is 28.4. The number of carbonyl (C=O) groups is 2. The van der Waals surface area contributed by atoms with E-state index in [-0.39, 0.29) is 30.2 Å². The van der Waals surface area contributed by atoms with Crippen LogP contribution in [0.2, 0.25) is 0 Å². The van der Waals surface area contributed by atoms with Gasteiger partial charge in [-0.05, 0) is 113 Å². The van der Waals surface area contributed by atoms with Crippen LogP contribution in [0.15, 0.2) is 48.7 Å². The van der Waals surface area contributed by atoms with Crippen LogP contribution in [0.3, 0.4) is 0 Å². The summed E-state index contributed by atoms with van der Waals surface area (Å²) in [5.74, 6) is -0.944. The van der Waals surface area contributed by atoms with Gasteiger partial charge >= 0.3 is 18.3 Å². The average molecular weight is 696 g/mol. The molecular formula is C36H40F7N3O3. The van der Waals surface area contributed by atoms with Crippen molar-refractivity contribution in [3.63, 3.8) is 0 Å². The van der Waals surface area contributed by atoms with Gasteiger partial charge in [-0.1, -0.05) is 6.07 Å². The fourth-order valence-electron chi connectivity index (χ4n) is 6.30. The minimum absolute atomic E-state index is 0.0203. The normalized spacial score (nSPS) is 14.9. The molecule has 0 bridgehead atoms. The summed E-state index contributed by atoms with van der Waals surface area (Å²) in [6.45, 7) is 11.1. The molecule has 4 rings (SSSR count). The number of aromatic nitrogens is 1. The maximum absolute atomic E-state index is 14.2. The average Bonchev–Trinajstić information content (AvgIpc) is 3.03. The van der Waals surface area contributed by atoms with Gasteiger partial charge in [-0.3, -0.25) is 9.59 Å². The molecule has 266 valence electrons. The van der Waals surface area contributed by atoms with E-state index in [9.17, 15) is 40.3 Å². The Morgan fingerprint density at radius 3 is 1.94 bits per heavy atom. The van der Waals surface area contributed by atoms with Crippen LogP contribution in [0.4, 0.5) is 42.2 Å². The Kier molecular flexibility index (Phi) is 10.5. The number of hydrogen-bond donors (Lipinski definition) is 0. The van der Waals surface area contributed by atoms with Crippen LogP contribution in [-0.4, -0.2) is 43.6 Å². The number of piperidine rings is 1. The molecule has 0 radical (unpaired) electrons. The molecule has 13 heteroatoms. The standard InChI is InChI=1S/C36H40F7N3O3/c1-8-49-32(48)34(5,6)22-11-13-46(14-12-22)30-19-28(27-10-9-26(37)15-21(27)2)29(20-44-30)45(7)31(47)33(3,4)23-16-24(35(38,39)40)18-25(17-23)36(41,42)43/h9-10,15-20,22H,8,11-14H2,1-7H3. The maximum Gasteiger partial charge on any atom is 0.416 e. The summed E-state index contributed by atoms with van der Waals surface area (Å²) in [6, 6.07) is 6.97. The molecule has 0 aliphatic carbocycles. The molecule has 3 aromatic rings. The molecule has 49 heavy (non-hydrogen) atoms. The highest BCUT2D eigenvalue weighted by molar-refractivity contribution is 6.03. The minimum Gasteiger partial charge on any atom is -0.466 e.